The van der Waals surface area contributed by atoms with Crippen LogP contribution >= 0.6 is 21.6 Å². The first-order valence-corrected chi connectivity index (χ1v) is 28.8. The molecule has 0 spiro atoms. The van der Waals surface area contributed by atoms with Gasteiger partial charge >= 0.3 is 36.1 Å². The third-order valence-corrected chi connectivity index (χ3v) is 17.4. The summed E-state index contributed by atoms with van der Waals surface area (Å²) in [6.07, 6.45) is -9.13. The number of rotatable bonds is 17. The van der Waals surface area contributed by atoms with Gasteiger partial charge in [0.2, 0.25) is 6.10 Å². The number of ketones is 1. The number of hydrazine groups is 1. The Bertz CT molecular complexity index is 2850. The fourth-order valence-corrected chi connectivity index (χ4v) is 12.7. The van der Waals surface area contributed by atoms with E-state index in [0.717, 1.165) is 0 Å². The Morgan fingerprint density at radius 2 is 1.50 bits per heavy atom. The number of amides is 3. The molecule has 0 aromatic heterocycles. The van der Waals surface area contributed by atoms with Crippen molar-refractivity contribution < 1.29 is 86.8 Å². The van der Waals surface area contributed by atoms with E-state index in [-0.39, 0.29) is 53.0 Å². The van der Waals surface area contributed by atoms with E-state index in [0.29, 0.717) is 12.2 Å². The molecule has 3 aromatic carbocycles. The Morgan fingerprint density at radius 3 is 2.10 bits per heavy atom. The zero-order valence-corrected chi connectivity index (χ0v) is 47.6. The molecule has 3 amide bonds. The molecule has 0 saturated heterocycles. The van der Waals surface area contributed by atoms with Gasteiger partial charge in [-0.3, -0.25) is 19.8 Å². The lowest BCUT2D eigenvalue weighted by Gasteiger charge is -2.68. The van der Waals surface area contributed by atoms with Crippen LogP contribution in [0.15, 0.2) is 96.1 Å². The van der Waals surface area contributed by atoms with Gasteiger partial charge in [0.25, 0.3) is 5.91 Å². The van der Waals surface area contributed by atoms with Gasteiger partial charge in [-0.15, -0.1) is 0 Å². The van der Waals surface area contributed by atoms with E-state index in [9.17, 15) is 44.1 Å². The van der Waals surface area contributed by atoms with Crippen molar-refractivity contribution in [3.05, 3.63) is 113 Å². The highest BCUT2D eigenvalue weighted by atomic mass is 33.1. The summed E-state index contributed by atoms with van der Waals surface area (Å²) >= 11 is 0. The number of carbonyl (C=O) groups excluding carboxylic acids is 8. The summed E-state index contributed by atoms with van der Waals surface area (Å²) in [5, 5.41) is 41.2. The Balaban J connectivity index is 1.25. The molecule has 7 rings (SSSR count). The van der Waals surface area contributed by atoms with Gasteiger partial charge in [0.15, 0.2) is 12.4 Å². The van der Waals surface area contributed by atoms with Crippen LogP contribution in [0.25, 0.3) is 0 Å². The molecule has 0 heterocycles. The van der Waals surface area contributed by atoms with E-state index in [1.165, 1.54) is 92.6 Å². The zero-order valence-electron chi connectivity index (χ0n) is 45.9. The Hall–Kier alpha value is -6.66. The van der Waals surface area contributed by atoms with E-state index in [1.807, 2.05) is 6.26 Å². The van der Waals surface area contributed by atoms with Crippen LogP contribution in [-0.2, 0) is 47.6 Å². The summed E-state index contributed by atoms with van der Waals surface area (Å²) in [6, 6.07) is 19.6. The second-order valence-corrected chi connectivity index (χ2v) is 24.7. The number of esters is 4. The fraction of sp³-hybridized carbons (Fsp3) is 0.509. The number of hydrogen-bond acceptors (Lipinski definition) is 20. The number of ether oxygens (including phenoxy) is 7. The number of Topliss-reactive ketones (excluding diaryl/α,β-unsaturated/α-hetero) is 1. The standard InChI is InChI=1S/C57H69N3O18S2/c1-31-38(29-57(71)47(76-49(67)35-18-14-11-15-19-35)45-55(8,46(65)43(64)41(31)54(57,6)7)39(62)28-36-24-25-56(36,45)77-32(2)61)74-50(68)44(42(33-16-12-10-13-17-33)58-51(69)78-53(3,4)5)75-40(63)30-73-37-22-20-34(21-23-37)48(66)59-60-52(70)72-26-27-80-79-9/h10-23,36,38-39,42-45,47,62,64,71H,24-30H2,1-9H3,(H,58,69)(H,59,66)(H,60,70)/t36-,38+,39+,42+,43-,44-,45+,47+,55-,56+,57-/m1/s1. The Morgan fingerprint density at radius 1 is 0.850 bits per heavy atom. The molecule has 4 aliphatic rings. The summed E-state index contributed by atoms with van der Waals surface area (Å²) in [5.74, 6) is -7.20. The molecule has 0 aliphatic heterocycles. The first-order valence-electron chi connectivity index (χ1n) is 26.0. The van der Waals surface area contributed by atoms with Gasteiger partial charge in [-0.2, -0.15) is 0 Å². The van der Waals surface area contributed by atoms with Crippen LogP contribution in [0, 0.1) is 22.7 Å². The predicted octanol–water partition coefficient (Wildman–Crippen LogP) is 6.28. The summed E-state index contributed by atoms with van der Waals surface area (Å²) in [4.78, 5) is 111. The van der Waals surface area contributed by atoms with Gasteiger partial charge < -0.3 is 53.8 Å². The van der Waals surface area contributed by atoms with Crippen LogP contribution in [0.4, 0.5) is 9.59 Å². The average Bonchev–Trinajstić information content (AvgIpc) is 3.60. The molecule has 432 valence electrons. The lowest BCUT2D eigenvalue weighted by Crippen LogP contribution is -2.78. The number of fused-ring (bicyclic) bond motifs is 5. The minimum absolute atomic E-state index is 0.0226. The normalized spacial score (nSPS) is 27.3. The van der Waals surface area contributed by atoms with Crippen LogP contribution in [-0.4, -0.2) is 136 Å². The van der Waals surface area contributed by atoms with Crippen molar-refractivity contribution >= 4 is 69.3 Å². The number of nitrogens with one attached hydrogen (secondary N) is 3. The number of hydrogen-bond donors (Lipinski definition) is 6. The van der Waals surface area contributed by atoms with Gasteiger partial charge in [0.1, 0.15) is 53.5 Å². The molecular formula is C57H69N3O18S2. The van der Waals surface area contributed by atoms with Crippen molar-refractivity contribution in [3.8, 4) is 5.75 Å². The summed E-state index contributed by atoms with van der Waals surface area (Å²) < 4.78 is 41.2. The lowest BCUT2D eigenvalue weighted by atomic mass is 9.41. The Kier molecular flexibility index (Phi) is 18.7. The van der Waals surface area contributed by atoms with Crippen molar-refractivity contribution in [2.75, 3.05) is 25.2 Å². The van der Waals surface area contributed by atoms with Crippen LogP contribution in [0.1, 0.15) is 113 Å². The molecule has 2 bridgehead atoms. The van der Waals surface area contributed by atoms with Crippen molar-refractivity contribution in [2.45, 2.75) is 134 Å². The second kappa shape index (κ2) is 24.6. The summed E-state index contributed by atoms with van der Waals surface area (Å²) in [7, 11) is 3.00. The van der Waals surface area contributed by atoms with Crippen LogP contribution in [0.5, 0.6) is 5.75 Å². The zero-order chi connectivity index (χ0) is 58.5. The van der Waals surface area contributed by atoms with Gasteiger partial charge in [0.05, 0.1) is 23.0 Å². The molecule has 0 radical (unpaired) electrons. The minimum Gasteiger partial charge on any atom is -0.482 e. The van der Waals surface area contributed by atoms with E-state index < -0.39 is 137 Å². The molecular weight excluding hydrogens is 1080 g/mol. The van der Waals surface area contributed by atoms with E-state index in [1.54, 1.807) is 69.3 Å². The number of carbonyl (C=O) groups is 8. The summed E-state index contributed by atoms with van der Waals surface area (Å²) in [5.41, 5.74) is -4.09. The van der Waals surface area contributed by atoms with Crippen molar-refractivity contribution in [2.24, 2.45) is 22.7 Å². The maximum atomic E-state index is 15.3. The van der Waals surface area contributed by atoms with Crippen molar-refractivity contribution in [1.29, 1.82) is 0 Å². The quantitative estimate of drug-likeness (QED) is 0.0216. The predicted molar refractivity (Wildman–Crippen MR) is 290 cm³/mol. The second-order valence-electron chi connectivity index (χ2n) is 22.0. The average molecular weight is 1150 g/mol. The van der Waals surface area contributed by atoms with Crippen LogP contribution in [0.3, 0.4) is 0 Å². The molecule has 80 heavy (non-hydrogen) atoms. The van der Waals surface area contributed by atoms with Crippen molar-refractivity contribution in [3.63, 3.8) is 0 Å². The van der Waals surface area contributed by atoms with Gasteiger partial charge in [0, 0.05) is 36.0 Å². The molecule has 0 unspecified atom stereocenters. The first-order chi connectivity index (χ1) is 37.7. The maximum absolute atomic E-state index is 15.3. The molecule has 3 saturated carbocycles. The van der Waals surface area contributed by atoms with Gasteiger partial charge in [-0.05, 0) is 113 Å². The van der Waals surface area contributed by atoms with Crippen LogP contribution < -0.4 is 20.9 Å². The minimum atomic E-state index is -2.44. The third-order valence-electron chi connectivity index (χ3n) is 15.7. The van der Waals surface area contributed by atoms with Gasteiger partial charge in [-0.25, -0.2) is 29.4 Å². The monoisotopic (exact) mass is 1150 g/mol. The molecule has 3 aromatic rings. The molecule has 11 atom stereocenters. The first kappa shape index (κ1) is 61.0. The largest absolute Gasteiger partial charge is 0.482 e. The fourth-order valence-electron chi connectivity index (χ4n) is 11.7. The van der Waals surface area contributed by atoms with E-state index in [2.05, 4.69) is 16.2 Å². The highest BCUT2D eigenvalue weighted by molar-refractivity contribution is 8.76. The van der Waals surface area contributed by atoms with Crippen LogP contribution in [0.2, 0.25) is 0 Å². The Labute approximate surface area is 471 Å². The molecule has 6 N–H and O–H groups in total. The highest BCUT2D eigenvalue weighted by Gasteiger charge is 2.77. The van der Waals surface area contributed by atoms with E-state index in [4.69, 9.17) is 33.2 Å². The number of alkyl carbamates (subject to hydrolysis) is 1. The molecule has 3 fully saturated rings. The van der Waals surface area contributed by atoms with E-state index >= 15 is 9.59 Å². The molecule has 23 heteroatoms. The maximum Gasteiger partial charge on any atom is 0.426 e. The SMILES string of the molecule is CSSCCOC(=O)NNC(=O)c1ccc(OCC(=O)O[C@@H](C(=O)O[C@H]2C[C@@]3(O)[C@@H](OC(=O)c4ccccc4)[C@@H]4[C@]5(OC(C)=O)CC[C@@H]5C[C@H](O)[C@@]4(C)C(=O)[C@H](O)C(=C2C)C3(C)C)[C@@H](NC(=O)OC(C)(C)C)c2ccccc2)cc1. The molecule has 4 aliphatic carbocycles. The topological polar surface area (TPSA) is 298 Å². The number of aliphatic hydroxyl groups excluding tert-OH is 2. The smallest absolute Gasteiger partial charge is 0.426 e. The number of benzene rings is 3. The lowest BCUT2D eigenvalue weighted by molar-refractivity contribution is -0.296. The highest BCUT2D eigenvalue weighted by Crippen LogP contribution is 2.67. The molecule has 21 nitrogen and oxygen atoms in total. The number of aliphatic hydroxyl groups is 3. The third kappa shape index (κ3) is 12.6. The summed E-state index contributed by atoms with van der Waals surface area (Å²) in [6.45, 7) is 11.3. The van der Waals surface area contributed by atoms with Crippen molar-refractivity contribution in [1.82, 2.24) is 16.2 Å². The van der Waals surface area contributed by atoms with Gasteiger partial charge in [-0.1, -0.05) is 84.0 Å².